The molecule has 10 nitrogen and oxygen atoms in total. The van der Waals surface area contributed by atoms with Gasteiger partial charge in [-0.2, -0.15) is 0 Å². The number of nitrogens with zero attached hydrogens (tertiary/aromatic N) is 3. The van der Waals surface area contributed by atoms with E-state index in [-0.39, 0.29) is 30.0 Å². The first-order valence-electron chi connectivity index (χ1n) is 16.6. The fourth-order valence-electron chi connectivity index (χ4n) is 6.47. The zero-order valence-corrected chi connectivity index (χ0v) is 26.5. The molecule has 0 radical (unpaired) electrons. The number of hydrogen-bond donors (Lipinski definition) is 4. The number of piperidine rings is 2. The molecule has 45 heavy (non-hydrogen) atoms. The van der Waals surface area contributed by atoms with Crippen molar-refractivity contribution < 1.29 is 18.8 Å². The number of piperazine rings is 1. The molecule has 244 valence electrons. The van der Waals surface area contributed by atoms with E-state index in [2.05, 4.69) is 43.1 Å². The van der Waals surface area contributed by atoms with Crippen LogP contribution in [0.2, 0.25) is 0 Å². The van der Waals surface area contributed by atoms with Crippen molar-refractivity contribution in [3.8, 4) is 0 Å². The molecule has 3 aliphatic rings. The zero-order chi connectivity index (χ0) is 31.6. The summed E-state index contributed by atoms with van der Waals surface area (Å²) in [6.07, 6.45) is 7.38. The summed E-state index contributed by atoms with van der Waals surface area (Å²) in [5.41, 5.74) is 8.77. The van der Waals surface area contributed by atoms with Gasteiger partial charge in [0.2, 0.25) is 11.8 Å². The van der Waals surface area contributed by atoms with Crippen LogP contribution in [0.3, 0.4) is 0 Å². The van der Waals surface area contributed by atoms with Crippen molar-refractivity contribution in [2.24, 2.45) is 5.92 Å². The minimum atomic E-state index is -0.531. The number of rotatable bonds is 13. The highest BCUT2D eigenvalue weighted by Gasteiger charge is 2.28. The van der Waals surface area contributed by atoms with Crippen LogP contribution in [0.5, 0.6) is 0 Å². The lowest BCUT2D eigenvalue weighted by Crippen LogP contribution is -2.49. The van der Waals surface area contributed by atoms with E-state index in [1.54, 1.807) is 6.07 Å². The number of imide groups is 1. The minimum absolute atomic E-state index is 0.102. The zero-order valence-electron chi connectivity index (χ0n) is 26.5. The number of nitrogens with one attached hydrogen (secondary N) is 4. The molecule has 0 aromatic heterocycles. The average molecular weight is 622 g/mol. The molecule has 1 atom stereocenters. The molecule has 0 saturated carbocycles. The van der Waals surface area contributed by atoms with E-state index in [1.165, 1.54) is 25.3 Å². The molecule has 0 bridgehead atoms. The van der Waals surface area contributed by atoms with E-state index in [0.29, 0.717) is 29.3 Å². The largest absolute Gasteiger partial charge is 0.374 e. The first kappa shape index (κ1) is 32.7. The maximum absolute atomic E-state index is 15.1. The highest BCUT2D eigenvalue weighted by Crippen LogP contribution is 2.29. The normalized spacial score (nSPS) is 19.8. The second-order valence-electron chi connectivity index (χ2n) is 12.5. The highest BCUT2D eigenvalue weighted by atomic mass is 19.1. The number of benzene rings is 2. The number of hydrazine groups is 1. The van der Waals surface area contributed by atoms with Crippen LogP contribution < -0.4 is 31.3 Å². The van der Waals surface area contributed by atoms with Gasteiger partial charge >= 0.3 is 0 Å². The van der Waals surface area contributed by atoms with Crippen LogP contribution >= 0.6 is 0 Å². The van der Waals surface area contributed by atoms with Gasteiger partial charge in [0.1, 0.15) is 11.9 Å². The number of unbranched alkanes of at least 4 members (excludes halogenated alkanes) is 3. The van der Waals surface area contributed by atoms with Crippen LogP contribution in [-0.4, -0.2) is 81.0 Å². The predicted molar refractivity (Wildman–Crippen MR) is 176 cm³/mol. The first-order chi connectivity index (χ1) is 21.9. The minimum Gasteiger partial charge on any atom is -0.374 e. The Hall–Kier alpha value is -3.70. The van der Waals surface area contributed by atoms with Gasteiger partial charge in [0, 0.05) is 75.7 Å². The Morgan fingerprint density at radius 3 is 2.36 bits per heavy atom. The van der Waals surface area contributed by atoms with Gasteiger partial charge in [-0.15, -0.1) is 0 Å². The number of anilines is 3. The van der Waals surface area contributed by atoms with Gasteiger partial charge in [-0.3, -0.25) is 30.0 Å². The SMILES string of the molecule is CCCCCCNNC(=O)c1ccc(N2CCN(CC3CCN(c4ccc(NC5CCC(=O)NC5=O)cc4F)CC3)CC2)cc1. The van der Waals surface area contributed by atoms with Crippen LogP contribution in [0.1, 0.15) is 68.6 Å². The Kier molecular flexibility index (Phi) is 11.6. The molecule has 1 unspecified atom stereocenters. The van der Waals surface area contributed by atoms with E-state index in [1.807, 2.05) is 30.3 Å². The maximum atomic E-state index is 15.1. The molecule has 0 aliphatic carbocycles. The third-order valence-corrected chi connectivity index (χ3v) is 9.22. The van der Waals surface area contributed by atoms with E-state index in [4.69, 9.17) is 0 Å². The molecule has 11 heteroatoms. The van der Waals surface area contributed by atoms with Crippen molar-refractivity contribution in [1.29, 1.82) is 0 Å². The second-order valence-corrected chi connectivity index (χ2v) is 12.5. The summed E-state index contributed by atoms with van der Waals surface area (Å²) < 4.78 is 15.1. The Morgan fingerprint density at radius 1 is 0.911 bits per heavy atom. The molecule has 2 aromatic carbocycles. The molecule has 3 saturated heterocycles. The third kappa shape index (κ3) is 9.17. The summed E-state index contributed by atoms with van der Waals surface area (Å²) in [4.78, 5) is 42.9. The molecule has 3 fully saturated rings. The lowest BCUT2D eigenvalue weighted by molar-refractivity contribution is -0.133. The molecule has 0 spiro atoms. The van der Waals surface area contributed by atoms with Gasteiger partial charge in [0.15, 0.2) is 0 Å². The van der Waals surface area contributed by atoms with Gasteiger partial charge < -0.3 is 15.1 Å². The molecule has 3 heterocycles. The fourth-order valence-corrected chi connectivity index (χ4v) is 6.47. The Labute approximate surface area is 266 Å². The number of carbonyl (C=O) groups is 3. The smallest absolute Gasteiger partial charge is 0.265 e. The van der Waals surface area contributed by atoms with Crippen molar-refractivity contribution in [2.75, 3.05) is 67.5 Å². The van der Waals surface area contributed by atoms with Crippen molar-refractivity contribution in [1.82, 2.24) is 21.1 Å². The number of amides is 3. The summed E-state index contributed by atoms with van der Waals surface area (Å²) in [5, 5.41) is 5.38. The monoisotopic (exact) mass is 621 g/mol. The van der Waals surface area contributed by atoms with Crippen LogP contribution in [0.25, 0.3) is 0 Å². The Balaban J connectivity index is 1.01. The van der Waals surface area contributed by atoms with E-state index < -0.39 is 6.04 Å². The molecule has 3 aliphatic heterocycles. The predicted octanol–water partition coefficient (Wildman–Crippen LogP) is 3.90. The van der Waals surface area contributed by atoms with Crippen LogP contribution in [0.4, 0.5) is 21.5 Å². The average Bonchev–Trinajstić information content (AvgIpc) is 3.05. The quantitative estimate of drug-likeness (QED) is 0.152. The number of carbonyl (C=O) groups excluding carboxylic acids is 3. The lowest BCUT2D eigenvalue weighted by Gasteiger charge is -2.40. The summed E-state index contributed by atoms with van der Waals surface area (Å²) in [5.74, 6) is -0.451. The van der Waals surface area contributed by atoms with Crippen molar-refractivity contribution >= 4 is 34.8 Å². The van der Waals surface area contributed by atoms with Gasteiger partial charge in [0.05, 0.1) is 5.69 Å². The van der Waals surface area contributed by atoms with E-state index >= 15 is 4.39 Å². The molecule has 2 aromatic rings. The number of halogens is 1. The second kappa shape index (κ2) is 16.0. The fraction of sp³-hybridized carbons (Fsp3) is 0.559. The molecule has 4 N–H and O–H groups in total. The van der Waals surface area contributed by atoms with Crippen molar-refractivity contribution in [3.05, 3.63) is 53.8 Å². The van der Waals surface area contributed by atoms with Crippen LogP contribution in [0.15, 0.2) is 42.5 Å². The Bertz CT molecular complexity index is 1290. The third-order valence-electron chi connectivity index (χ3n) is 9.22. The molecule has 3 amide bonds. The van der Waals surface area contributed by atoms with E-state index in [9.17, 15) is 14.4 Å². The molecular weight excluding hydrogens is 573 g/mol. The number of hydrogen-bond acceptors (Lipinski definition) is 8. The summed E-state index contributed by atoms with van der Waals surface area (Å²) >= 11 is 0. The van der Waals surface area contributed by atoms with Gasteiger partial charge in [-0.1, -0.05) is 26.2 Å². The highest BCUT2D eigenvalue weighted by molar-refractivity contribution is 6.01. The summed E-state index contributed by atoms with van der Waals surface area (Å²) in [6.45, 7) is 9.57. The Morgan fingerprint density at radius 2 is 1.67 bits per heavy atom. The van der Waals surface area contributed by atoms with Crippen molar-refractivity contribution in [2.45, 2.75) is 64.3 Å². The van der Waals surface area contributed by atoms with Gasteiger partial charge in [-0.05, 0) is 74.1 Å². The lowest BCUT2D eigenvalue weighted by atomic mass is 9.95. The van der Waals surface area contributed by atoms with Crippen LogP contribution in [0, 0.1) is 11.7 Å². The standard InChI is InChI=1S/C34H48FN7O3/c1-2-3-4-5-16-36-39-33(44)26-6-9-28(10-7-26)41-21-19-40(20-22-41)24-25-14-17-42(18-15-25)31-12-8-27(23-29(31)35)37-30-11-13-32(43)38-34(30)45/h6-10,12,23,25,30,36-37H,2-5,11,13-22,24H2,1H3,(H,39,44)(H,38,43,45). The maximum Gasteiger partial charge on any atom is 0.265 e. The van der Waals surface area contributed by atoms with E-state index in [0.717, 1.165) is 77.3 Å². The van der Waals surface area contributed by atoms with Gasteiger partial charge in [-0.25, -0.2) is 9.82 Å². The van der Waals surface area contributed by atoms with Gasteiger partial charge in [0.25, 0.3) is 5.91 Å². The molecular formula is C34H48FN7O3. The first-order valence-corrected chi connectivity index (χ1v) is 16.6. The summed E-state index contributed by atoms with van der Waals surface area (Å²) in [6, 6.07) is 12.4. The van der Waals surface area contributed by atoms with Crippen molar-refractivity contribution in [3.63, 3.8) is 0 Å². The molecule has 5 rings (SSSR count). The topological polar surface area (TPSA) is 109 Å². The van der Waals surface area contributed by atoms with Crippen LogP contribution in [-0.2, 0) is 9.59 Å². The summed E-state index contributed by atoms with van der Waals surface area (Å²) in [7, 11) is 0.